The molecule has 0 amide bonds. The van der Waals surface area contributed by atoms with Gasteiger partial charge in [-0.2, -0.15) is 0 Å². The van der Waals surface area contributed by atoms with Crippen LogP contribution in [-0.4, -0.2) is 16.5 Å². The van der Waals surface area contributed by atoms with E-state index in [9.17, 15) is 9.90 Å². The number of hydrogen-bond acceptors (Lipinski definition) is 2. The Balaban J connectivity index is 1.73. The van der Waals surface area contributed by atoms with E-state index in [1.165, 1.54) is 18.4 Å². The number of ketones is 1. The van der Waals surface area contributed by atoms with Crippen molar-refractivity contribution >= 4 is 5.78 Å². The number of rotatable bonds is 0. The van der Waals surface area contributed by atoms with E-state index in [0.29, 0.717) is 17.6 Å². The first-order valence-electron chi connectivity index (χ1n) is 8.74. The summed E-state index contributed by atoms with van der Waals surface area (Å²) in [6, 6.07) is 0. The van der Waals surface area contributed by atoms with Crippen LogP contribution in [0.15, 0.2) is 11.6 Å². The first-order valence-corrected chi connectivity index (χ1v) is 8.74. The highest BCUT2D eigenvalue weighted by atomic mass is 16.3. The smallest absolute Gasteiger partial charge is 0.155 e. The molecular formula is C19H28O2. The van der Waals surface area contributed by atoms with Crippen LogP contribution in [0, 0.1) is 28.6 Å². The third kappa shape index (κ3) is 1.60. The molecule has 1 N–H and O–H groups in total. The molecule has 0 aromatic heterocycles. The van der Waals surface area contributed by atoms with Crippen molar-refractivity contribution in [3.8, 4) is 0 Å². The van der Waals surface area contributed by atoms with E-state index in [-0.39, 0.29) is 10.8 Å². The van der Waals surface area contributed by atoms with Crippen LogP contribution in [0.25, 0.3) is 0 Å². The predicted molar refractivity (Wildman–Crippen MR) is 82.7 cm³/mol. The van der Waals surface area contributed by atoms with Gasteiger partial charge in [-0.05, 0) is 80.1 Å². The van der Waals surface area contributed by atoms with Gasteiger partial charge in [-0.25, -0.2) is 0 Å². The summed E-state index contributed by atoms with van der Waals surface area (Å²) in [5.41, 5.74) is 1.29. The molecule has 4 rings (SSSR count). The van der Waals surface area contributed by atoms with Gasteiger partial charge in [0.2, 0.25) is 0 Å². The minimum absolute atomic E-state index is 0.0859. The van der Waals surface area contributed by atoms with Crippen LogP contribution < -0.4 is 0 Å². The Morgan fingerprint density at radius 3 is 2.57 bits per heavy atom. The number of carbonyl (C=O) groups is 1. The summed E-state index contributed by atoms with van der Waals surface area (Å²) >= 11 is 0. The van der Waals surface area contributed by atoms with Crippen LogP contribution in [-0.2, 0) is 4.79 Å². The van der Waals surface area contributed by atoms with Gasteiger partial charge in [0, 0.05) is 6.42 Å². The molecule has 4 aliphatic carbocycles. The molecule has 0 aliphatic heterocycles. The zero-order chi connectivity index (χ0) is 15.0. The minimum atomic E-state index is -0.499. The van der Waals surface area contributed by atoms with E-state index in [4.69, 9.17) is 0 Å². The summed E-state index contributed by atoms with van der Waals surface area (Å²) in [5, 5.41) is 10.9. The van der Waals surface area contributed by atoms with E-state index in [1.54, 1.807) is 0 Å². The lowest BCUT2D eigenvalue weighted by Gasteiger charge is -2.51. The van der Waals surface area contributed by atoms with Crippen LogP contribution >= 0.6 is 0 Å². The van der Waals surface area contributed by atoms with Gasteiger partial charge in [0.25, 0.3) is 0 Å². The zero-order valence-electron chi connectivity index (χ0n) is 13.6. The molecule has 6 atom stereocenters. The van der Waals surface area contributed by atoms with Crippen molar-refractivity contribution in [1.82, 2.24) is 0 Å². The Labute approximate surface area is 128 Å². The summed E-state index contributed by atoms with van der Waals surface area (Å²) in [6.45, 7) is 6.79. The maximum absolute atomic E-state index is 11.8. The van der Waals surface area contributed by atoms with Crippen molar-refractivity contribution in [2.24, 2.45) is 28.6 Å². The first-order chi connectivity index (χ1) is 9.78. The van der Waals surface area contributed by atoms with Gasteiger partial charge in [-0.15, -0.1) is 0 Å². The molecule has 0 heterocycles. The van der Waals surface area contributed by atoms with E-state index in [0.717, 1.165) is 38.0 Å². The van der Waals surface area contributed by atoms with E-state index in [1.807, 2.05) is 6.08 Å². The average Bonchev–Trinajstić information content (AvgIpc) is 2.82. The predicted octanol–water partition coefficient (Wildman–Crippen LogP) is 3.88. The maximum Gasteiger partial charge on any atom is 0.155 e. The summed E-state index contributed by atoms with van der Waals surface area (Å²) in [5.74, 6) is 2.41. The molecule has 21 heavy (non-hydrogen) atoms. The Bertz CT molecular complexity index is 532. The molecular weight excluding hydrogens is 260 g/mol. The summed E-state index contributed by atoms with van der Waals surface area (Å²) in [7, 11) is 0. The molecule has 0 radical (unpaired) electrons. The first kappa shape index (κ1) is 14.0. The highest BCUT2D eigenvalue weighted by Crippen LogP contribution is 2.69. The Morgan fingerprint density at radius 2 is 1.81 bits per heavy atom. The highest BCUT2D eigenvalue weighted by molar-refractivity contribution is 5.91. The summed E-state index contributed by atoms with van der Waals surface area (Å²) in [4.78, 5) is 11.8. The Kier molecular flexibility index (Phi) is 2.67. The second-order valence-electron chi connectivity index (χ2n) is 8.90. The number of hydrogen-bond donors (Lipinski definition) is 1. The van der Waals surface area contributed by atoms with Crippen molar-refractivity contribution < 1.29 is 9.90 Å². The van der Waals surface area contributed by atoms with Gasteiger partial charge in [0.1, 0.15) is 0 Å². The average molecular weight is 288 g/mol. The third-order valence-corrected chi connectivity index (χ3v) is 8.23. The van der Waals surface area contributed by atoms with Crippen LogP contribution in [0.4, 0.5) is 0 Å². The maximum atomic E-state index is 11.8. The topological polar surface area (TPSA) is 37.3 Å². The largest absolute Gasteiger partial charge is 0.390 e. The molecule has 0 bridgehead atoms. The van der Waals surface area contributed by atoms with Crippen LogP contribution in [0.3, 0.4) is 0 Å². The SMILES string of the molecule is C[C@]12CCC(=O)C=C1CC1[C@@H]2CC[C@@]2(C)[C@H]1CC[C@]2(C)O. The summed E-state index contributed by atoms with van der Waals surface area (Å²) < 4.78 is 0. The highest BCUT2D eigenvalue weighted by Gasteiger charge is 2.63. The van der Waals surface area contributed by atoms with Gasteiger partial charge in [-0.1, -0.05) is 19.4 Å². The van der Waals surface area contributed by atoms with Gasteiger partial charge < -0.3 is 5.11 Å². The lowest BCUT2D eigenvalue weighted by atomic mass is 9.54. The molecule has 116 valence electrons. The second-order valence-corrected chi connectivity index (χ2v) is 8.90. The van der Waals surface area contributed by atoms with Crippen molar-refractivity contribution in [3.63, 3.8) is 0 Å². The monoisotopic (exact) mass is 288 g/mol. The van der Waals surface area contributed by atoms with E-state index in [2.05, 4.69) is 20.8 Å². The second kappa shape index (κ2) is 4.01. The number of fused-ring (bicyclic) bond motifs is 5. The van der Waals surface area contributed by atoms with Gasteiger partial charge in [-0.3, -0.25) is 4.79 Å². The molecule has 3 fully saturated rings. The molecule has 3 saturated carbocycles. The molecule has 2 heteroatoms. The Hall–Kier alpha value is -0.630. The molecule has 0 aromatic carbocycles. The molecule has 1 unspecified atom stereocenters. The molecule has 4 aliphatic rings. The molecule has 2 nitrogen and oxygen atoms in total. The standard InChI is InChI=1S/C19H28O2/c1-17-7-4-13(20)10-12(17)11-14-15(17)5-8-18(2)16(14)6-9-19(18,3)21/h10,14-16,21H,4-9,11H2,1-3H3/t14?,15-,16-,17-,18-,19-/m0/s1. The molecule has 0 spiro atoms. The third-order valence-electron chi connectivity index (χ3n) is 8.23. The van der Waals surface area contributed by atoms with E-state index >= 15 is 0 Å². The van der Waals surface area contributed by atoms with Crippen LogP contribution in [0.1, 0.15) is 65.7 Å². The number of carbonyl (C=O) groups excluding carboxylic acids is 1. The fraction of sp³-hybridized carbons (Fsp3) is 0.842. The lowest BCUT2D eigenvalue weighted by molar-refractivity contribution is -0.116. The zero-order valence-corrected chi connectivity index (χ0v) is 13.6. The van der Waals surface area contributed by atoms with Crippen molar-refractivity contribution in [3.05, 3.63) is 11.6 Å². The quantitative estimate of drug-likeness (QED) is 0.734. The van der Waals surface area contributed by atoms with Gasteiger partial charge in [0.05, 0.1) is 5.60 Å². The van der Waals surface area contributed by atoms with Gasteiger partial charge >= 0.3 is 0 Å². The van der Waals surface area contributed by atoms with Crippen molar-refractivity contribution in [2.75, 3.05) is 0 Å². The Morgan fingerprint density at radius 1 is 1.10 bits per heavy atom. The van der Waals surface area contributed by atoms with Crippen LogP contribution in [0.2, 0.25) is 0 Å². The van der Waals surface area contributed by atoms with E-state index < -0.39 is 5.60 Å². The van der Waals surface area contributed by atoms with Crippen molar-refractivity contribution in [1.29, 1.82) is 0 Å². The fourth-order valence-electron chi connectivity index (χ4n) is 6.55. The van der Waals surface area contributed by atoms with Gasteiger partial charge in [0.15, 0.2) is 5.78 Å². The molecule has 0 saturated heterocycles. The summed E-state index contributed by atoms with van der Waals surface area (Å²) in [6.07, 6.45) is 9.39. The number of aliphatic hydroxyl groups is 1. The molecule has 0 aromatic rings. The number of allylic oxidation sites excluding steroid dienone is 2. The van der Waals surface area contributed by atoms with Crippen LogP contribution in [0.5, 0.6) is 0 Å². The minimum Gasteiger partial charge on any atom is -0.390 e. The normalized spacial score (nSPS) is 55.7. The van der Waals surface area contributed by atoms with Crippen molar-refractivity contribution in [2.45, 2.75) is 71.3 Å². The fourth-order valence-corrected chi connectivity index (χ4v) is 6.55. The lowest BCUT2D eigenvalue weighted by Crippen LogP contribution is -2.49.